The van der Waals surface area contributed by atoms with Gasteiger partial charge in [-0.2, -0.15) is 0 Å². The number of non-ortho nitro benzene ring substituents is 1. The fourth-order valence-corrected chi connectivity index (χ4v) is 1.04. The van der Waals surface area contributed by atoms with Gasteiger partial charge in [0.15, 0.2) is 0 Å². The van der Waals surface area contributed by atoms with E-state index in [1.54, 1.807) is 0 Å². The molecular weight excluding hydrogens is 228 g/mol. The zero-order valence-electron chi connectivity index (χ0n) is 7.14. The number of nitrogens with one attached hydrogen (secondary N) is 2. The number of benzene rings is 1. The van der Waals surface area contributed by atoms with Gasteiger partial charge in [-0.3, -0.25) is 20.2 Å². The molecule has 0 aromatic heterocycles. The average molecular weight is 233 g/mol. The van der Waals surface area contributed by atoms with Crippen molar-refractivity contribution >= 4 is 28.8 Å². The number of hydrazine groups is 1. The van der Waals surface area contributed by atoms with Crippen LogP contribution in [-0.4, -0.2) is 9.85 Å². The zero-order valence-corrected chi connectivity index (χ0v) is 7.89. The van der Waals surface area contributed by atoms with Gasteiger partial charge in [-0.05, 0) is 17.8 Å². The largest absolute Gasteiger partial charge is 0.301 e. The lowest BCUT2D eigenvalue weighted by molar-refractivity contribution is -0.393. The molecule has 0 aliphatic rings. The van der Waals surface area contributed by atoms with Gasteiger partial charge in [-0.1, -0.05) is 0 Å². The number of anilines is 1. The van der Waals surface area contributed by atoms with E-state index < -0.39 is 15.5 Å². The molecule has 0 spiro atoms. The summed E-state index contributed by atoms with van der Waals surface area (Å²) < 4.78 is 0. The van der Waals surface area contributed by atoms with Gasteiger partial charge in [-0.15, -0.1) is 4.94 Å². The molecular formula is C6H5ClN4O4. The molecule has 9 heteroatoms. The van der Waals surface area contributed by atoms with Crippen LogP contribution in [0.15, 0.2) is 18.2 Å². The molecule has 0 amide bonds. The summed E-state index contributed by atoms with van der Waals surface area (Å²) in [7, 11) is 0. The smallest absolute Gasteiger partial charge is 0.300 e. The minimum Gasteiger partial charge on any atom is -0.301 e. The first-order valence-electron chi connectivity index (χ1n) is 3.60. The number of nitrogens with zero attached hydrogens (tertiary/aromatic N) is 2. The van der Waals surface area contributed by atoms with Crippen molar-refractivity contribution in [3.8, 4) is 0 Å². The van der Waals surface area contributed by atoms with E-state index in [1.165, 1.54) is 6.07 Å². The standard InChI is InChI=1S/C6H5ClN4O4/c7-9-8-5-2-1-4(10(12)13)3-6(5)11(14)15/h1-3,8-9H. The minimum atomic E-state index is -0.746. The van der Waals surface area contributed by atoms with Gasteiger partial charge < -0.3 is 5.43 Å². The van der Waals surface area contributed by atoms with Gasteiger partial charge in [0.05, 0.1) is 15.9 Å². The summed E-state index contributed by atoms with van der Waals surface area (Å²) in [6, 6.07) is 3.16. The van der Waals surface area contributed by atoms with Gasteiger partial charge in [0.1, 0.15) is 5.69 Å². The van der Waals surface area contributed by atoms with Crippen molar-refractivity contribution in [2.24, 2.45) is 0 Å². The first kappa shape index (κ1) is 11.1. The van der Waals surface area contributed by atoms with Crippen LogP contribution >= 0.6 is 11.8 Å². The second-order valence-corrected chi connectivity index (χ2v) is 2.62. The molecule has 1 aromatic rings. The normalized spacial score (nSPS) is 9.67. The van der Waals surface area contributed by atoms with Crippen molar-refractivity contribution < 1.29 is 9.85 Å². The van der Waals surface area contributed by atoms with Crippen LogP contribution in [0.4, 0.5) is 17.1 Å². The van der Waals surface area contributed by atoms with E-state index in [-0.39, 0.29) is 11.4 Å². The fraction of sp³-hybridized carbons (Fsp3) is 0. The van der Waals surface area contributed by atoms with Gasteiger partial charge in [0.25, 0.3) is 5.69 Å². The number of rotatable bonds is 4. The number of nitro benzene ring substituents is 2. The summed E-state index contributed by atoms with van der Waals surface area (Å²) in [6.45, 7) is 0. The quantitative estimate of drug-likeness (QED) is 0.463. The summed E-state index contributed by atoms with van der Waals surface area (Å²) >= 11 is 5.10. The highest BCUT2D eigenvalue weighted by Crippen LogP contribution is 2.28. The van der Waals surface area contributed by atoms with Gasteiger partial charge >= 0.3 is 5.69 Å². The van der Waals surface area contributed by atoms with Crippen molar-refractivity contribution in [1.29, 1.82) is 0 Å². The van der Waals surface area contributed by atoms with Crippen LogP contribution in [0, 0.1) is 20.2 Å². The third-order valence-electron chi connectivity index (χ3n) is 1.57. The van der Waals surface area contributed by atoms with Gasteiger partial charge in [-0.25, -0.2) is 0 Å². The maximum absolute atomic E-state index is 10.5. The van der Waals surface area contributed by atoms with Crippen molar-refractivity contribution in [3.05, 3.63) is 38.4 Å². The third-order valence-corrected chi connectivity index (χ3v) is 1.67. The van der Waals surface area contributed by atoms with E-state index in [2.05, 4.69) is 5.43 Å². The van der Waals surface area contributed by atoms with Crippen molar-refractivity contribution in [2.45, 2.75) is 0 Å². The third kappa shape index (κ3) is 2.51. The molecule has 0 heterocycles. The molecule has 0 saturated heterocycles. The maximum atomic E-state index is 10.5. The summed E-state index contributed by atoms with van der Waals surface area (Å²) in [5.74, 6) is 0. The lowest BCUT2D eigenvalue weighted by Crippen LogP contribution is -2.10. The molecule has 0 aliphatic carbocycles. The highest BCUT2D eigenvalue weighted by atomic mass is 35.5. The van der Waals surface area contributed by atoms with E-state index >= 15 is 0 Å². The second kappa shape index (κ2) is 4.53. The Morgan fingerprint density at radius 2 is 1.87 bits per heavy atom. The molecule has 1 rings (SSSR count). The number of hydrogen-bond acceptors (Lipinski definition) is 6. The van der Waals surface area contributed by atoms with Crippen LogP contribution < -0.4 is 10.4 Å². The Labute approximate surface area is 88.2 Å². The highest BCUT2D eigenvalue weighted by Gasteiger charge is 2.18. The monoisotopic (exact) mass is 232 g/mol. The van der Waals surface area contributed by atoms with Crippen LogP contribution in [0.25, 0.3) is 0 Å². The molecule has 80 valence electrons. The maximum Gasteiger partial charge on any atom is 0.300 e. The van der Waals surface area contributed by atoms with E-state index in [4.69, 9.17) is 11.8 Å². The summed E-state index contributed by atoms with van der Waals surface area (Å²) in [5.41, 5.74) is 1.52. The molecule has 0 fully saturated rings. The van der Waals surface area contributed by atoms with Crippen LogP contribution in [-0.2, 0) is 0 Å². The molecule has 8 nitrogen and oxygen atoms in total. The summed E-state index contributed by atoms with van der Waals surface area (Å²) in [5, 5.41) is 20.9. The average Bonchev–Trinajstić information content (AvgIpc) is 2.18. The van der Waals surface area contributed by atoms with Crippen LogP contribution in [0.2, 0.25) is 0 Å². The Balaban J connectivity index is 3.20. The fourth-order valence-electron chi connectivity index (χ4n) is 0.941. The predicted octanol–water partition coefficient (Wildman–Crippen LogP) is 1.57. The second-order valence-electron chi connectivity index (χ2n) is 2.44. The Morgan fingerprint density at radius 1 is 1.20 bits per heavy atom. The zero-order chi connectivity index (χ0) is 11.4. The predicted molar refractivity (Wildman–Crippen MR) is 52.4 cm³/mol. The summed E-state index contributed by atoms with van der Waals surface area (Å²) in [6.07, 6.45) is 0. The Hall–Kier alpha value is -1.93. The van der Waals surface area contributed by atoms with E-state index in [9.17, 15) is 20.2 Å². The molecule has 0 aliphatic heterocycles. The Kier molecular flexibility index (Phi) is 3.37. The lowest BCUT2D eigenvalue weighted by atomic mass is 10.2. The highest BCUT2D eigenvalue weighted by molar-refractivity contribution is 6.14. The van der Waals surface area contributed by atoms with E-state index in [0.29, 0.717) is 0 Å². The number of halogens is 1. The lowest BCUT2D eigenvalue weighted by Gasteiger charge is -2.02. The molecule has 1 aromatic carbocycles. The molecule has 0 saturated carbocycles. The topological polar surface area (TPSA) is 110 Å². The van der Waals surface area contributed by atoms with Crippen molar-refractivity contribution in [1.82, 2.24) is 4.94 Å². The number of nitro groups is 2. The van der Waals surface area contributed by atoms with E-state index in [1.807, 2.05) is 4.94 Å². The van der Waals surface area contributed by atoms with Gasteiger partial charge in [0.2, 0.25) is 0 Å². The summed E-state index contributed by atoms with van der Waals surface area (Å²) in [4.78, 5) is 21.4. The van der Waals surface area contributed by atoms with Crippen molar-refractivity contribution in [3.63, 3.8) is 0 Å². The first-order chi connectivity index (χ1) is 7.06. The molecule has 15 heavy (non-hydrogen) atoms. The van der Waals surface area contributed by atoms with E-state index in [0.717, 1.165) is 12.1 Å². The number of hydrogen-bond donors (Lipinski definition) is 2. The Morgan fingerprint density at radius 3 is 2.33 bits per heavy atom. The minimum absolute atomic E-state index is 0.0422. The van der Waals surface area contributed by atoms with Crippen molar-refractivity contribution in [2.75, 3.05) is 5.43 Å². The molecule has 2 N–H and O–H groups in total. The van der Waals surface area contributed by atoms with Crippen LogP contribution in [0.3, 0.4) is 0 Å². The molecule has 0 atom stereocenters. The van der Waals surface area contributed by atoms with Gasteiger partial charge in [0, 0.05) is 6.07 Å². The molecule has 0 radical (unpaired) electrons. The SMILES string of the molecule is O=[N+]([O-])c1ccc(NNCl)c([N+](=O)[O-])c1. The molecule has 0 unspecified atom stereocenters. The first-order valence-corrected chi connectivity index (χ1v) is 3.98. The molecule has 0 bridgehead atoms. The van der Waals surface area contributed by atoms with Crippen LogP contribution in [0.1, 0.15) is 0 Å². The Bertz CT molecular complexity index is 410. The van der Waals surface area contributed by atoms with Crippen LogP contribution in [0.5, 0.6) is 0 Å².